The van der Waals surface area contributed by atoms with Gasteiger partial charge in [-0.3, -0.25) is 4.79 Å². The number of hydrogen-bond donors (Lipinski definition) is 1. The molecule has 0 radical (unpaired) electrons. The molecule has 1 aromatic carbocycles. The van der Waals surface area contributed by atoms with Crippen molar-refractivity contribution in [2.45, 2.75) is 6.04 Å². The van der Waals surface area contributed by atoms with E-state index in [1.807, 2.05) is 18.2 Å². The SMILES string of the molecule is COCC(CCl)NC(=O)c1cccc(I)c1. The molecule has 0 saturated carbocycles. The number of ether oxygens (including phenoxy) is 1. The zero-order chi connectivity index (χ0) is 12.0. The molecule has 0 heterocycles. The van der Waals surface area contributed by atoms with E-state index in [4.69, 9.17) is 16.3 Å². The Bertz CT molecular complexity index is 360. The largest absolute Gasteiger partial charge is 0.383 e. The highest BCUT2D eigenvalue weighted by molar-refractivity contribution is 14.1. The molecule has 5 heteroatoms. The van der Waals surface area contributed by atoms with Crippen molar-refractivity contribution in [2.75, 3.05) is 19.6 Å². The predicted molar refractivity (Wildman–Crippen MR) is 73.0 cm³/mol. The Morgan fingerprint density at radius 3 is 2.94 bits per heavy atom. The first-order valence-corrected chi connectivity index (χ1v) is 6.40. The normalized spacial score (nSPS) is 12.2. The third-order valence-corrected chi connectivity index (χ3v) is 3.02. The van der Waals surface area contributed by atoms with Gasteiger partial charge in [0.05, 0.1) is 12.6 Å². The number of carbonyl (C=O) groups is 1. The summed E-state index contributed by atoms with van der Waals surface area (Å²) in [5, 5.41) is 2.81. The highest BCUT2D eigenvalue weighted by Crippen LogP contribution is 2.08. The van der Waals surface area contributed by atoms with E-state index >= 15 is 0 Å². The Labute approximate surface area is 114 Å². The Morgan fingerprint density at radius 1 is 1.62 bits per heavy atom. The first kappa shape index (κ1) is 13.7. The molecule has 0 aromatic heterocycles. The third kappa shape index (κ3) is 4.27. The van der Waals surface area contributed by atoms with Crippen molar-refractivity contribution in [3.63, 3.8) is 0 Å². The predicted octanol–water partition coefficient (Wildman–Crippen LogP) is 2.27. The third-order valence-electron chi connectivity index (χ3n) is 1.98. The van der Waals surface area contributed by atoms with Crippen LogP contribution in [0.15, 0.2) is 24.3 Å². The van der Waals surface area contributed by atoms with Crippen molar-refractivity contribution in [3.8, 4) is 0 Å². The van der Waals surface area contributed by atoms with Crippen molar-refractivity contribution < 1.29 is 9.53 Å². The summed E-state index contributed by atoms with van der Waals surface area (Å²) in [7, 11) is 1.58. The molecule has 1 atom stereocenters. The van der Waals surface area contributed by atoms with Crippen LogP contribution in [0.25, 0.3) is 0 Å². The maximum atomic E-state index is 11.8. The Hall–Kier alpha value is -0.330. The summed E-state index contributed by atoms with van der Waals surface area (Å²) in [6, 6.07) is 7.23. The second-order valence-corrected chi connectivity index (χ2v) is 4.84. The summed E-state index contributed by atoms with van der Waals surface area (Å²) in [4.78, 5) is 11.8. The molecule has 1 N–H and O–H groups in total. The number of hydrogen-bond acceptors (Lipinski definition) is 2. The number of alkyl halides is 1. The van der Waals surface area contributed by atoms with Crippen LogP contribution in [0.4, 0.5) is 0 Å². The minimum absolute atomic E-state index is 0.124. The number of benzene rings is 1. The van der Waals surface area contributed by atoms with Gasteiger partial charge >= 0.3 is 0 Å². The van der Waals surface area contributed by atoms with Gasteiger partial charge in [-0.1, -0.05) is 6.07 Å². The van der Waals surface area contributed by atoms with Crippen molar-refractivity contribution in [2.24, 2.45) is 0 Å². The molecule has 0 fully saturated rings. The molecule has 1 rings (SSSR count). The van der Waals surface area contributed by atoms with Gasteiger partial charge in [0.2, 0.25) is 0 Å². The molecule has 3 nitrogen and oxygen atoms in total. The van der Waals surface area contributed by atoms with Crippen LogP contribution in [0.1, 0.15) is 10.4 Å². The van der Waals surface area contributed by atoms with Crippen LogP contribution < -0.4 is 5.32 Å². The van der Waals surface area contributed by atoms with E-state index < -0.39 is 0 Å². The zero-order valence-corrected chi connectivity index (χ0v) is 11.8. The number of amides is 1. The summed E-state index contributed by atoms with van der Waals surface area (Å²) in [5.41, 5.74) is 0.637. The van der Waals surface area contributed by atoms with E-state index in [0.29, 0.717) is 18.1 Å². The lowest BCUT2D eigenvalue weighted by Crippen LogP contribution is -2.39. The maximum absolute atomic E-state index is 11.8. The molecule has 0 spiro atoms. The molecule has 0 aliphatic heterocycles. The van der Waals surface area contributed by atoms with Crippen LogP contribution in [0.3, 0.4) is 0 Å². The number of rotatable bonds is 5. The number of nitrogens with one attached hydrogen (secondary N) is 1. The van der Waals surface area contributed by atoms with Crippen molar-refractivity contribution in [3.05, 3.63) is 33.4 Å². The van der Waals surface area contributed by atoms with Crippen molar-refractivity contribution in [1.82, 2.24) is 5.32 Å². The average molecular weight is 354 g/mol. The van der Waals surface area contributed by atoms with Crippen LogP contribution in [-0.2, 0) is 4.74 Å². The molecule has 1 unspecified atom stereocenters. The van der Waals surface area contributed by atoms with Gasteiger partial charge in [-0.2, -0.15) is 0 Å². The summed E-state index contributed by atoms with van der Waals surface area (Å²) in [6.45, 7) is 0.416. The van der Waals surface area contributed by atoms with Crippen molar-refractivity contribution >= 4 is 40.1 Å². The summed E-state index contributed by atoms with van der Waals surface area (Å²) >= 11 is 7.88. The highest BCUT2D eigenvalue weighted by atomic mass is 127. The quantitative estimate of drug-likeness (QED) is 0.651. The first-order valence-electron chi connectivity index (χ1n) is 4.78. The van der Waals surface area contributed by atoms with Gasteiger partial charge in [0.15, 0.2) is 0 Å². The molecule has 0 aliphatic carbocycles. The standard InChI is InChI=1S/C11H13ClINO2/c1-16-7-10(6-12)14-11(15)8-3-2-4-9(13)5-8/h2-5,10H,6-7H2,1H3,(H,14,15). The molecule has 88 valence electrons. The second kappa shape index (κ2) is 7.09. The molecule has 0 bridgehead atoms. The molecular weight excluding hydrogens is 340 g/mol. The minimum atomic E-state index is -0.156. The van der Waals surface area contributed by atoms with Crippen LogP contribution in [-0.4, -0.2) is 31.5 Å². The Balaban J connectivity index is 2.64. The van der Waals surface area contributed by atoms with E-state index in [0.717, 1.165) is 3.57 Å². The highest BCUT2D eigenvalue weighted by Gasteiger charge is 2.12. The molecule has 0 aliphatic rings. The molecule has 1 amide bonds. The van der Waals surface area contributed by atoms with E-state index in [1.54, 1.807) is 13.2 Å². The van der Waals surface area contributed by atoms with Crippen LogP contribution in [0, 0.1) is 3.57 Å². The molecular formula is C11H13ClINO2. The number of halogens is 2. The van der Waals surface area contributed by atoms with Crippen LogP contribution in [0.5, 0.6) is 0 Å². The van der Waals surface area contributed by atoms with Gasteiger partial charge in [0, 0.05) is 22.1 Å². The fourth-order valence-electron chi connectivity index (χ4n) is 1.22. The lowest BCUT2D eigenvalue weighted by Gasteiger charge is -2.14. The fraction of sp³-hybridized carbons (Fsp3) is 0.364. The number of methoxy groups -OCH3 is 1. The Kier molecular flexibility index (Phi) is 6.08. The van der Waals surface area contributed by atoms with E-state index in [2.05, 4.69) is 27.9 Å². The van der Waals surface area contributed by atoms with E-state index in [9.17, 15) is 4.79 Å². The summed E-state index contributed by atoms with van der Waals surface area (Å²) in [6.07, 6.45) is 0. The molecule has 1 aromatic rings. The van der Waals surface area contributed by atoms with Crippen LogP contribution >= 0.6 is 34.2 Å². The summed E-state index contributed by atoms with van der Waals surface area (Å²) in [5.74, 6) is 0.213. The molecule has 0 saturated heterocycles. The van der Waals surface area contributed by atoms with E-state index in [-0.39, 0.29) is 11.9 Å². The smallest absolute Gasteiger partial charge is 0.251 e. The van der Waals surface area contributed by atoms with Crippen molar-refractivity contribution in [1.29, 1.82) is 0 Å². The number of carbonyl (C=O) groups excluding carboxylic acids is 1. The second-order valence-electron chi connectivity index (χ2n) is 3.29. The van der Waals surface area contributed by atoms with Gasteiger partial charge in [-0.05, 0) is 40.8 Å². The van der Waals surface area contributed by atoms with E-state index in [1.165, 1.54) is 0 Å². The van der Waals surface area contributed by atoms with Gasteiger partial charge < -0.3 is 10.1 Å². The van der Waals surface area contributed by atoms with Gasteiger partial charge in [-0.25, -0.2) is 0 Å². The lowest BCUT2D eigenvalue weighted by molar-refractivity contribution is 0.0907. The average Bonchev–Trinajstić information content (AvgIpc) is 2.28. The minimum Gasteiger partial charge on any atom is -0.383 e. The van der Waals surface area contributed by atoms with Gasteiger partial charge in [0.25, 0.3) is 5.91 Å². The topological polar surface area (TPSA) is 38.3 Å². The Morgan fingerprint density at radius 2 is 2.38 bits per heavy atom. The maximum Gasteiger partial charge on any atom is 0.251 e. The van der Waals surface area contributed by atoms with Gasteiger partial charge in [-0.15, -0.1) is 11.6 Å². The van der Waals surface area contributed by atoms with Gasteiger partial charge in [0.1, 0.15) is 0 Å². The monoisotopic (exact) mass is 353 g/mol. The summed E-state index contributed by atoms with van der Waals surface area (Å²) < 4.78 is 5.98. The lowest BCUT2D eigenvalue weighted by atomic mass is 10.2. The van der Waals surface area contributed by atoms with Crippen LogP contribution in [0.2, 0.25) is 0 Å². The molecule has 16 heavy (non-hydrogen) atoms. The zero-order valence-electron chi connectivity index (χ0n) is 8.87. The first-order chi connectivity index (χ1) is 7.67. The fourth-order valence-corrected chi connectivity index (χ4v) is 1.93.